The van der Waals surface area contributed by atoms with E-state index in [9.17, 15) is 0 Å². The normalized spacial score (nSPS) is 11.5. The fourth-order valence-electron chi connectivity index (χ4n) is 9.54. The van der Waals surface area contributed by atoms with Gasteiger partial charge in [-0.05, 0) is 58.1 Å². The highest BCUT2D eigenvalue weighted by molar-refractivity contribution is 6.14. The summed E-state index contributed by atoms with van der Waals surface area (Å²) in [6, 6.07) is 84.1. The van der Waals surface area contributed by atoms with Gasteiger partial charge in [-0.3, -0.25) is 0 Å². The molecule has 0 N–H and O–H groups in total. The lowest BCUT2D eigenvalue weighted by Crippen LogP contribution is -2.14. The van der Waals surface area contributed by atoms with Crippen LogP contribution in [0.15, 0.2) is 245 Å². The van der Waals surface area contributed by atoms with Crippen molar-refractivity contribution in [1.29, 1.82) is 0 Å². The number of nitrogens with zero attached hydrogens (tertiary/aromatic N) is 1. The molecule has 12 aromatic rings. The van der Waals surface area contributed by atoms with Gasteiger partial charge in [-0.25, -0.2) is 0 Å². The third-order valence-corrected chi connectivity index (χ3v) is 12.3. The van der Waals surface area contributed by atoms with E-state index in [1.807, 2.05) is 12.1 Å². The molecule has 3 nitrogen and oxygen atoms in total. The Labute approximate surface area is 365 Å². The lowest BCUT2D eigenvalue weighted by Gasteiger charge is -2.33. The van der Waals surface area contributed by atoms with Gasteiger partial charge in [-0.1, -0.05) is 206 Å². The molecule has 12 rings (SSSR count). The number of para-hydroxylation sites is 6. The van der Waals surface area contributed by atoms with Crippen LogP contribution in [-0.2, 0) is 0 Å². The molecule has 0 aliphatic rings. The molecule has 3 heteroatoms. The van der Waals surface area contributed by atoms with Crippen LogP contribution >= 0.6 is 0 Å². The molecule has 0 spiro atoms. The summed E-state index contributed by atoms with van der Waals surface area (Å²) in [5.41, 5.74) is 17.5. The minimum atomic E-state index is 0.860. The fourth-order valence-corrected chi connectivity index (χ4v) is 9.54. The molecule has 0 atom stereocenters. The lowest BCUT2D eigenvalue weighted by molar-refractivity contribution is 0.669. The standard InChI is InChI=1S/C60H39NO2/c1-3-20-40(21-4-1)42-24-7-8-29-48(42)58-43(41-22-5-2-6-23-41)30-19-37-55(58)61(53-35-13-9-25-44(53)49-31-17-33-51-46-27-11-15-38-56(46)62-59(49)51)54-36-14-10-26-45(54)50-32-18-34-52-47-28-12-16-39-57(47)63-60(50)52/h1-39H. The smallest absolute Gasteiger partial charge is 0.143 e. The zero-order chi connectivity index (χ0) is 41.7. The summed E-state index contributed by atoms with van der Waals surface area (Å²) in [6.07, 6.45) is 0. The number of rotatable bonds is 8. The van der Waals surface area contributed by atoms with Gasteiger partial charge in [-0.2, -0.15) is 0 Å². The van der Waals surface area contributed by atoms with Crippen molar-refractivity contribution in [2.24, 2.45) is 0 Å². The molecule has 0 amide bonds. The van der Waals surface area contributed by atoms with E-state index in [0.717, 1.165) is 117 Å². The van der Waals surface area contributed by atoms with Crippen LogP contribution in [0, 0.1) is 0 Å². The molecule has 0 aliphatic heterocycles. The maximum Gasteiger partial charge on any atom is 0.143 e. The molecule has 0 saturated heterocycles. The van der Waals surface area contributed by atoms with Gasteiger partial charge in [-0.15, -0.1) is 0 Å². The van der Waals surface area contributed by atoms with E-state index in [1.165, 1.54) is 0 Å². The molecule has 2 aromatic heterocycles. The SMILES string of the molecule is c1ccc(-c2ccccc2-c2c(-c3ccccc3)cccc2N(c2ccccc2-c2cccc3c2oc2ccccc23)c2ccccc2-c2cccc3c2oc2ccccc23)cc1. The third kappa shape index (κ3) is 6.13. The van der Waals surface area contributed by atoms with Crippen molar-refractivity contribution in [1.82, 2.24) is 0 Å². The van der Waals surface area contributed by atoms with E-state index >= 15 is 0 Å². The molecule has 0 unspecified atom stereocenters. The average molecular weight is 806 g/mol. The number of fused-ring (bicyclic) bond motifs is 6. The summed E-state index contributed by atoms with van der Waals surface area (Å²) in [4.78, 5) is 2.47. The highest BCUT2D eigenvalue weighted by Crippen LogP contribution is 2.53. The van der Waals surface area contributed by atoms with Gasteiger partial charge in [0.05, 0.1) is 17.1 Å². The van der Waals surface area contributed by atoms with Crippen molar-refractivity contribution in [2.45, 2.75) is 0 Å². The quantitative estimate of drug-likeness (QED) is 0.153. The van der Waals surface area contributed by atoms with Gasteiger partial charge < -0.3 is 13.7 Å². The van der Waals surface area contributed by atoms with E-state index in [4.69, 9.17) is 8.83 Å². The first kappa shape index (κ1) is 36.5. The van der Waals surface area contributed by atoms with Gasteiger partial charge in [0.25, 0.3) is 0 Å². The Hall–Kier alpha value is -8.40. The highest BCUT2D eigenvalue weighted by atomic mass is 16.3. The van der Waals surface area contributed by atoms with Crippen LogP contribution in [0.25, 0.3) is 99.5 Å². The average Bonchev–Trinajstić information content (AvgIpc) is 3.94. The van der Waals surface area contributed by atoms with E-state index in [1.54, 1.807) is 0 Å². The number of hydrogen-bond donors (Lipinski definition) is 0. The monoisotopic (exact) mass is 805 g/mol. The van der Waals surface area contributed by atoms with Crippen molar-refractivity contribution >= 4 is 60.9 Å². The minimum Gasteiger partial charge on any atom is -0.455 e. The van der Waals surface area contributed by atoms with Crippen LogP contribution in [-0.4, -0.2) is 0 Å². The molecule has 296 valence electrons. The summed E-state index contributed by atoms with van der Waals surface area (Å²) in [7, 11) is 0. The van der Waals surface area contributed by atoms with Crippen LogP contribution in [0.3, 0.4) is 0 Å². The van der Waals surface area contributed by atoms with Gasteiger partial charge in [0.2, 0.25) is 0 Å². The Balaban J connectivity index is 1.20. The summed E-state index contributed by atoms with van der Waals surface area (Å²) < 4.78 is 13.5. The van der Waals surface area contributed by atoms with Crippen molar-refractivity contribution in [3.8, 4) is 55.6 Å². The number of furan rings is 2. The van der Waals surface area contributed by atoms with Crippen LogP contribution in [0.1, 0.15) is 0 Å². The molecule has 0 radical (unpaired) electrons. The highest BCUT2D eigenvalue weighted by Gasteiger charge is 2.28. The summed E-state index contributed by atoms with van der Waals surface area (Å²) >= 11 is 0. The van der Waals surface area contributed by atoms with Crippen LogP contribution in [0.2, 0.25) is 0 Å². The van der Waals surface area contributed by atoms with E-state index in [0.29, 0.717) is 0 Å². The molecule has 0 fully saturated rings. The molecule has 10 aromatic carbocycles. The molecule has 2 heterocycles. The molecular formula is C60H39NO2. The van der Waals surface area contributed by atoms with Crippen LogP contribution < -0.4 is 4.90 Å². The Bertz CT molecular complexity index is 3480. The zero-order valence-electron chi connectivity index (χ0n) is 34.3. The maximum absolute atomic E-state index is 6.76. The van der Waals surface area contributed by atoms with Crippen molar-refractivity contribution in [3.63, 3.8) is 0 Å². The molecule has 0 bridgehead atoms. The first-order valence-electron chi connectivity index (χ1n) is 21.4. The van der Waals surface area contributed by atoms with E-state index < -0.39 is 0 Å². The van der Waals surface area contributed by atoms with Crippen LogP contribution in [0.4, 0.5) is 17.1 Å². The first-order chi connectivity index (χ1) is 31.3. The second-order valence-corrected chi connectivity index (χ2v) is 15.9. The second kappa shape index (κ2) is 15.3. The van der Waals surface area contributed by atoms with E-state index in [2.05, 4.69) is 229 Å². The predicted molar refractivity (Wildman–Crippen MR) is 263 cm³/mol. The Morgan fingerprint density at radius 3 is 1.16 bits per heavy atom. The Morgan fingerprint density at radius 2 is 0.603 bits per heavy atom. The number of benzene rings is 10. The summed E-state index contributed by atoms with van der Waals surface area (Å²) in [5, 5.41) is 4.38. The zero-order valence-corrected chi connectivity index (χ0v) is 34.3. The summed E-state index contributed by atoms with van der Waals surface area (Å²) in [5.74, 6) is 0. The van der Waals surface area contributed by atoms with Gasteiger partial charge in [0.1, 0.15) is 22.3 Å². The van der Waals surface area contributed by atoms with Gasteiger partial charge >= 0.3 is 0 Å². The fraction of sp³-hybridized carbons (Fsp3) is 0. The summed E-state index contributed by atoms with van der Waals surface area (Å²) in [6.45, 7) is 0. The van der Waals surface area contributed by atoms with Crippen molar-refractivity contribution < 1.29 is 8.83 Å². The number of anilines is 3. The molecular weight excluding hydrogens is 767 g/mol. The predicted octanol–water partition coefficient (Wildman–Crippen LogP) is 17.3. The van der Waals surface area contributed by atoms with E-state index in [-0.39, 0.29) is 0 Å². The maximum atomic E-state index is 6.76. The lowest BCUT2D eigenvalue weighted by atomic mass is 9.87. The molecule has 63 heavy (non-hydrogen) atoms. The Kier molecular flexibility index (Phi) is 8.83. The minimum absolute atomic E-state index is 0.860. The van der Waals surface area contributed by atoms with Crippen LogP contribution in [0.5, 0.6) is 0 Å². The largest absolute Gasteiger partial charge is 0.455 e. The first-order valence-corrected chi connectivity index (χ1v) is 21.4. The number of hydrogen-bond acceptors (Lipinski definition) is 3. The third-order valence-electron chi connectivity index (χ3n) is 12.3. The Morgan fingerprint density at radius 1 is 0.238 bits per heavy atom. The molecule has 0 aliphatic carbocycles. The van der Waals surface area contributed by atoms with Crippen molar-refractivity contribution in [2.75, 3.05) is 4.90 Å². The molecule has 0 saturated carbocycles. The van der Waals surface area contributed by atoms with Gasteiger partial charge in [0.15, 0.2) is 0 Å². The van der Waals surface area contributed by atoms with Gasteiger partial charge in [0, 0.05) is 49.4 Å². The van der Waals surface area contributed by atoms with Crippen molar-refractivity contribution in [3.05, 3.63) is 237 Å². The topological polar surface area (TPSA) is 29.5 Å². The second-order valence-electron chi connectivity index (χ2n) is 15.9.